The normalized spacial score (nSPS) is 11.0. The summed E-state index contributed by atoms with van der Waals surface area (Å²) >= 11 is 0. The van der Waals surface area contributed by atoms with Gasteiger partial charge in [0.25, 0.3) is 5.91 Å². The zero-order valence-corrected chi connectivity index (χ0v) is 19.4. The van der Waals surface area contributed by atoms with Crippen molar-refractivity contribution >= 4 is 11.8 Å². The Bertz CT molecular complexity index is 1040. The van der Waals surface area contributed by atoms with Gasteiger partial charge in [0.1, 0.15) is 12.4 Å². The Morgan fingerprint density at radius 1 is 0.909 bits per heavy atom. The first-order valence-electron chi connectivity index (χ1n) is 11.1. The van der Waals surface area contributed by atoms with Crippen LogP contribution < -0.4 is 15.4 Å². The van der Waals surface area contributed by atoms with Crippen molar-refractivity contribution < 1.29 is 14.3 Å². The van der Waals surface area contributed by atoms with E-state index in [0.717, 1.165) is 16.9 Å². The number of carbonyl (C=O) groups is 2. The summed E-state index contributed by atoms with van der Waals surface area (Å²) < 4.78 is 5.74. The first-order chi connectivity index (χ1) is 15.8. The molecule has 2 N–H and O–H groups in total. The molecule has 0 saturated heterocycles. The van der Waals surface area contributed by atoms with E-state index in [9.17, 15) is 9.59 Å². The molecule has 3 rings (SSSR count). The third kappa shape index (κ3) is 7.75. The van der Waals surface area contributed by atoms with Crippen molar-refractivity contribution in [3.8, 4) is 5.75 Å². The van der Waals surface area contributed by atoms with Crippen LogP contribution >= 0.6 is 0 Å². The number of nitrogens with zero attached hydrogens (tertiary/aromatic N) is 1. The molecule has 0 aliphatic rings. The van der Waals surface area contributed by atoms with Gasteiger partial charge in [0.15, 0.2) is 0 Å². The van der Waals surface area contributed by atoms with Crippen LogP contribution in [0.5, 0.6) is 5.75 Å². The smallest absolute Gasteiger partial charge is 0.251 e. The standard InChI is InChI=1S/C27H31N3O3/c1-27(2,3)23-10-8-22(9-11-23)26(32)29-16-14-25(31)30-18-20-6-12-24(13-7-20)33-19-21-5-4-15-28-17-21/h4-13,15,17H,14,16,18-19H2,1-3H3,(H,29,32)(H,30,31). The quantitative estimate of drug-likeness (QED) is 0.512. The number of hydrogen-bond acceptors (Lipinski definition) is 4. The van der Waals surface area contributed by atoms with E-state index in [1.807, 2.05) is 60.7 Å². The molecule has 1 aromatic heterocycles. The molecular weight excluding hydrogens is 414 g/mol. The third-order valence-electron chi connectivity index (χ3n) is 5.19. The van der Waals surface area contributed by atoms with E-state index in [-0.39, 0.29) is 30.2 Å². The summed E-state index contributed by atoms with van der Waals surface area (Å²) in [6.07, 6.45) is 3.72. The molecular formula is C27H31N3O3. The van der Waals surface area contributed by atoms with Crippen molar-refractivity contribution in [2.45, 2.75) is 45.8 Å². The van der Waals surface area contributed by atoms with Gasteiger partial charge in [0.05, 0.1) is 0 Å². The third-order valence-corrected chi connectivity index (χ3v) is 5.19. The summed E-state index contributed by atoms with van der Waals surface area (Å²) in [5.74, 6) is 0.465. The SMILES string of the molecule is CC(C)(C)c1ccc(C(=O)NCCC(=O)NCc2ccc(OCc3cccnc3)cc2)cc1. The molecule has 0 unspecified atom stereocenters. The average Bonchev–Trinajstić information content (AvgIpc) is 2.82. The van der Waals surface area contributed by atoms with Crippen molar-refractivity contribution in [2.75, 3.05) is 6.54 Å². The van der Waals surface area contributed by atoms with Gasteiger partial charge in [-0.25, -0.2) is 0 Å². The molecule has 0 atom stereocenters. The number of nitrogens with one attached hydrogen (secondary N) is 2. The van der Waals surface area contributed by atoms with Crippen molar-refractivity contribution in [2.24, 2.45) is 0 Å². The molecule has 0 fully saturated rings. The molecule has 6 nitrogen and oxygen atoms in total. The molecule has 172 valence electrons. The lowest BCUT2D eigenvalue weighted by Gasteiger charge is -2.19. The average molecular weight is 446 g/mol. The lowest BCUT2D eigenvalue weighted by atomic mass is 9.87. The number of pyridine rings is 1. The monoisotopic (exact) mass is 445 g/mol. The summed E-state index contributed by atoms with van der Waals surface area (Å²) in [6, 6.07) is 19.0. The number of aromatic nitrogens is 1. The Morgan fingerprint density at radius 3 is 2.27 bits per heavy atom. The molecule has 3 aromatic rings. The van der Waals surface area contributed by atoms with Crippen LogP contribution in [0.4, 0.5) is 0 Å². The van der Waals surface area contributed by atoms with Crippen molar-refractivity contribution in [1.29, 1.82) is 0 Å². The van der Waals surface area contributed by atoms with E-state index in [1.165, 1.54) is 5.56 Å². The van der Waals surface area contributed by atoms with Crippen LogP contribution in [0.15, 0.2) is 73.1 Å². The number of hydrogen-bond donors (Lipinski definition) is 2. The summed E-state index contributed by atoms with van der Waals surface area (Å²) in [4.78, 5) is 28.5. The fraction of sp³-hybridized carbons (Fsp3) is 0.296. The molecule has 6 heteroatoms. The Hall–Kier alpha value is -3.67. The highest BCUT2D eigenvalue weighted by atomic mass is 16.5. The number of rotatable bonds is 9. The van der Waals surface area contributed by atoms with Gasteiger partial charge in [-0.3, -0.25) is 14.6 Å². The number of amides is 2. The molecule has 0 aliphatic heterocycles. The lowest BCUT2D eigenvalue weighted by Crippen LogP contribution is -2.30. The van der Waals surface area contributed by atoms with Gasteiger partial charge in [-0.2, -0.15) is 0 Å². The Balaban J connectivity index is 1.35. The van der Waals surface area contributed by atoms with Gasteiger partial charge in [-0.05, 0) is 46.9 Å². The molecule has 1 heterocycles. The van der Waals surface area contributed by atoms with Gasteiger partial charge in [-0.1, -0.05) is 51.1 Å². The fourth-order valence-corrected chi connectivity index (χ4v) is 3.16. The van der Waals surface area contributed by atoms with Crippen LogP contribution in [0.2, 0.25) is 0 Å². The molecule has 0 aliphatic carbocycles. The van der Waals surface area contributed by atoms with Gasteiger partial charge in [0, 0.05) is 43.0 Å². The fourth-order valence-electron chi connectivity index (χ4n) is 3.16. The van der Waals surface area contributed by atoms with Crippen molar-refractivity contribution in [3.05, 3.63) is 95.3 Å². The van der Waals surface area contributed by atoms with Crippen LogP contribution in [0.25, 0.3) is 0 Å². The van der Waals surface area contributed by atoms with Crippen LogP contribution in [0, 0.1) is 0 Å². The highest BCUT2D eigenvalue weighted by Gasteiger charge is 2.14. The zero-order valence-electron chi connectivity index (χ0n) is 19.4. The predicted octanol–water partition coefficient (Wildman–Crippen LogP) is 4.39. The van der Waals surface area contributed by atoms with E-state index < -0.39 is 0 Å². The van der Waals surface area contributed by atoms with Crippen LogP contribution in [0.3, 0.4) is 0 Å². The summed E-state index contributed by atoms with van der Waals surface area (Å²) in [6.45, 7) is 7.56. The Morgan fingerprint density at radius 2 is 1.64 bits per heavy atom. The topological polar surface area (TPSA) is 80.3 Å². The Kier molecular flexibility index (Phi) is 8.19. The molecule has 0 spiro atoms. The predicted molar refractivity (Wildman–Crippen MR) is 129 cm³/mol. The molecule has 2 amide bonds. The van der Waals surface area contributed by atoms with Gasteiger partial charge in [0.2, 0.25) is 5.91 Å². The van der Waals surface area contributed by atoms with Crippen molar-refractivity contribution in [1.82, 2.24) is 15.6 Å². The molecule has 2 aromatic carbocycles. The molecule has 0 saturated carbocycles. The minimum absolute atomic E-state index is 0.0420. The van der Waals surface area contributed by atoms with Gasteiger partial charge >= 0.3 is 0 Å². The first-order valence-corrected chi connectivity index (χ1v) is 11.1. The van der Waals surface area contributed by atoms with E-state index in [4.69, 9.17) is 4.74 Å². The maximum atomic E-state index is 12.3. The van der Waals surface area contributed by atoms with Crippen LogP contribution in [-0.2, 0) is 23.4 Å². The lowest BCUT2D eigenvalue weighted by molar-refractivity contribution is -0.121. The minimum Gasteiger partial charge on any atom is -0.489 e. The largest absolute Gasteiger partial charge is 0.489 e. The van der Waals surface area contributed by atoms with E-state index >= 15 is 0 Å². The Labute approximate surface area is 195 Å². The van der Waals surface area contributed by atoms with Crippen molar-refractivity contribution in [3.63, 3.8) is 0 Å². The maximum absolute atomic E-state index is 12.3. The van der Waals surface area contributed by atoms with E-state index in [2.05, 4.69) is 36.4 Å². The first kappa shape index (κ1) is 24.0. The molecule has 0 radical (unpaired) electrons. The zero-order chi connectivity index (χ0) is 23.7. The number of ether oxygens (including phenoxy) is 1. The molecule has 33 heavy (non-hydrogen) atoms. The maximum Gasteiger partial charge on any atom is 0.251 e. The second kappa shape index (κ2) is 11.3. The van der Waals surface area contributed by atoms with Crippen LogP contribution in [0.1, 0.15) is 54.2 Å². The second-order valence-corrected chi connectivity index (χ2v) is 8.90. The number of carbonyl (C=O) groups excluding carboxylic acids is 2. The summed E-state index contributed by atoms with van der Waals surface area (Å²) in [5.41, 5.74) is 3.78. The number of benzene rings is 2. The highest BCUT2D eigenvalue weighted by Crippen LogP contribution is 2.22. The highest BCUT2D eigenvalue weighted by molar-refractivity contribution is 5.94. The summed E-state index contributed by atoms with van der Waals surface area (Å²) in [5, 5.41) is 5.68. The minimum atomic E-state index is -0.176. The van der Waals surface area contributed by atoms with E-state index in [0.29, 0.717) is 18.7 Å². The molecule has 0 bridgehead atoms. The summed E-state index contributed by atoms with van der Waals surface area (Å²) in [7, 11) is 0. The van der Waals surface area contributed by atoms with Crippen LogP contribution in [-0.4, -0.2) is 23.3 Å². The van der Waals surface area contributed by atoms with Gasteiger partial charge < -0.3 is 15.4 Å². The second-order valence-electron chi connectivity index (χ2n) is 8.90. The van der Waals surface area contributed by atoms with Gasteiger partial charge in [-0.15, -0.1) is 0 Å². The van der Waals surface area contributed by atoms with E-state index in [1.54, 1.807) is 12.4 Å².